The third-order valence-corrected chi connectivity index (χ3v) is 4.34. The molecule has 148 valence electrons. The van der Waals surface area contributed by atoms with E-state index >= 15 is 0 Å². The SMILES string of the molecule is COC(=O)C(=O)N1CCN(c2nccc(-c3cccc(C(F)(F)F)c3)n2)CC1. The number of esters is 1. The zero-order valence-electron chi connectivity index (χ0n) is 14.9. The predicted octanol–water partition coefficient (Wildman–Crippen LogP) is 1.98. The first-order valence-electron chi connectivity index (χ1n) is 8.42. The monoisotopic (exact) mass is 394 g/mol. The molecule has 2 heterocycles. The smallest absolute Gasteiger partial charge is 0.416 e. The van der Waals surface area contributed by atoms with Gasteiger partial charge >= 0.3 is 18.1 Å². The average Bonchev–Trinajstić information content (AvgIpc) is 2.72. The summed E-state index contributed by atoms with van der Waals surface area (Å²) in [6, 6.07) is 6.46. The van der Waals surface area contributed by atoms with Crippen molar-refractivity contribution in [1.82, 2.24) is 14.9 Å². The number of hydrogen-bond donors (Lipinski definition) is 0. The Morgan fingerprint density at radius 3 is 2.46 bits per heavy atom. The average molecular weight is 394 g/mol. The molecule has 7 nitrogen and oxygen atoms in total. The molecule has 1 aliphatic rings. The number of halogens is 3. The lowest BCUT2D eigenvalue weighted by atomic mass is 10.1. The van der Waals surface area contributed by atoms with Crippen molar-refractivity contribution < 1.29 is 27.5 Å². The lowest BCUT2D eigenvalue weighted by Gasteiger charge is -2.34. The Hall–Kier alpha value is -3.17. The first kappa shape index (κ1) is 19.6. The normalized spacial score (nSPS) is 14.7. The molecule has 1 aromatic carbocycles. The third-order valence-electron chi connectivity index (χ3n) is 4.34. The largest absolute Gasteiger partial charge is 0.462 e. The van der Waals surface area contributed by atoms with Gasteiger partial charge in [0.25, 0.3) is 0 Å². The summed E-state index contributed by atoms with van der Waals surface area (Å²) < 4.78 is 43.2. The summed E-state index contributed by atoms with van der Waals surface area (Å²) in [4.78, 5) is 34.9. The van der Waals surface area contributed by atoms with Gasteiger partial charge in [-0.3, -0.25) is 4.79 Å². The van der Waals surface area contributed by atoms with E-state index in [0.29, 0.717) is 30.3 Å². The molecule has 1 saturated heterocycles. The molecule has 1 aliphatic heterocycles. The molecular formula is C18H17F3N4O3. The van der Waals surface area contributed by atoms with E-state index in [-0.39, 0.29) is 13.1 Å². The van der Waals surface area contributed by atoms with E-state index < -0.39 is 23.6 Å². The highest BCUT2D eigenvalue weighted by Gasteiger charge is 2.31. The summed E-state index contributed by atoms with van der Waals surface area (Å²) >= 11 is 0. The van der Waals surface area contributed by atoms with Crippen molar-refractivity contribution in [2.45, 2.75) is 6.18 Å². The molecule has 1 amide bonds. The van der Waals surface area contributed by atoms with Gasteiger partial charge in [-0.1, -0.05) is 12.1 Å². The minimum Gasteiger partial charge on any atom is -0.462 e. The number of carbonyl (C=O) groups excluding carboxylic acids is 2. The first-order valence-corrected chi connectivity index (χ1v) is 8.42. The van der Waals surface area contributed by atoms with Gasteiger partial charge in [0.15, 0.2) is 0 Å². The number of hydrogen-bond acceptors (Lipinski definition) is 6. The molecule has 10 heteroatoms. The van der Waals surface area contributed by atoms with Gasteiger partial charge in [-0.05, 0) is 18.2 Å². The van der Waals surface area contributed by atoms with Crippen LogP contribution in [0.1, 0.15) is 5.56 Å². The molecule has 0 bridgehead atoms. The van der Waals surface area contributed by atoms with Crippen LogP contribution in [0.4, 0.5) is 19.1 Å². The van der Waals surface area contributed by atoms with Crippen LogP contribution in [0.15, 0.2) is 36.5 Å². The maximum absolute atomic E-state index is 12.9. The van der Waals surface area contributed by atoms with Gasteiger partial charge < -0.3 is 14.5 Å². The number of rotatable bonds is 2. The summed E-state index contributed by atoms with van der Waals surface area (Å²) in [5, 5.41) is 0. The fraction of sp³-hybridized carbons (Fsp3) is 0.333. The van der Waals surface area contributed by atoms with Crippen LogP contribution < -0.4 is 4.90 Å². The van der Waals surface area contributed by atoms with Gasteiger partial charge in [-0.25, -0.2) is 14.8 Å². The molecule has 0 spiro atoms. The Kier molecular flexibility index (Phi) is 5.48. The predicted molar refractivity (Wildman–Crippen MR) is 93.3 cm³/mol. The number of nitrogens with zero attached hydrogens (tertiary/aromatic N) is 4. The van der Waals surface area contributed by atoms with Crippen LogP contribution in [-0.4, -0.2) is 60.0 Å². The van der Waals surface area contributed by atoms with Crippen molar-refractivity contribution >= 4 is 17.8 Å². The lowest BCUT2D eigenvalue weighted by Crippen LogP contribution is -2.51. The van der Waals surface area contributed by atoms with Gasteiger partial charge in [0.1, 0.15) is 0 Å². The van der Waals surface area contributed by atoms with Gasteiger partial charge in [0, 0.05) is 37.9 Å². The second-order valence-corrected chi connectivity index (χ2v) is 6.09. The first-order chi connectivity index (χ1) is 13.3. The molecule has 2 aromatic rings. The second-order valence-electron chi connectivity index (χ2n) is 6.09. The number of aromatic nitrogens is 2. The molecule has 0 saturated carbocycles. The lowest BCUT2D eigenvalue weighted by molar-refractivity contribution is -0.158. The Morgan fingerprint density at radius 2 is 1.82 bits per heavy atom. The highest BCUT2D eigenvalue weighted by molar-refractivity contribution is 6.32. The summed E-state index contributed by atoms with van der Waals surface area (Å²) in [5.41, 5.74) is -0.0535. The molecular weight excluding hydrogens is 377 g/mol. The second kappa shape index (κ2) is 7.83. The van der Waals surface area contributed by atoms with Gasteiger partial charge in [-0.15, -0.1) is 0 Å². The number of carbonyl (C=O) groups is 2. The zero-order chi connectivity index (χ0) is 20.3. The number of piperazine rings is 1. The number of methoxy groups -OCH3 is 1. The number of benzene rings is 1. The Labute approximate surface area is 158 Å². The Balaban J connectivity index is 1.75. The van der Waals surface area contributed by atoms with Crippen LogP contribution >= 0.6 is 0 Å². The summed E-state index contributed by atoms with van der Waals surface area (Å²) in [6.07, 6.45) is -2.96. The highest BCUT2D eigenvalue weighted by Crippen LogP contribution is 2.32. The van der Waals surface area contributed by atoms with Crippen LogP contribution in [0.2, 0.25) is 0 Å². The van der Waals surface area contributed by atoms with Crippen molar-refractivity contribution in [2.75, 3.05) is 38.2 Å². The van der Waals surface area contributed by atoms with Crippen LogP contribution in [-0.2, 0) is 20.5 Å². The van der Waals surface area contributed by atoms with Crippen molar-refractivity contribution in [2.24, 2.45) is 0 Å². The van der Waals surface area contributed by atoms with Crippen LogP contribution in [0, 0.1) is 0 Å². The number of alkyl halides is 3. The topological polar surface area (TPSA) is 75.6 Å². The van der Waals surface area contributed by atoms with Crippen LogP contribution in [0.3, 0.4) is 0 Å². The van der Waals surface area contributed by atoms with E-state index in [2.05, 4.69) is 14.7 Å². The fourth-order valence-corrected chi connectivity index (χ4v) is 2.84. The maximum Gasteiger partial charge on any atom is 0.416 e. The fourth-order valence-electron chi connectivity index (χ4n) is 2.84. The van der Waals surface area contributed by atoms with Crippen molar-refractivity contribution in [3.8, 4) is 11.3 Å². The van der Waals surface area contributed by atoms with E-state index in [0.717, 1.165) is 19.2 Å². The van der Waals surface area contributed by atoms with Crippen molar-refractivity contribution in [3.63, 3.8) is 0 Å². The summed E-state index contributed by atoms with van der Waals surface area (Å²) in [6.45, 7) is 1.33. The molecule has 3 rings (SSSR count). The molecule has 28 heavy (non-hydrogen) atoms. The highest BCUT2D eigenvalue weighted by atomic mass is 19.4. The van der Waals surface area contributed by atoms with Gasteiger partial charge in [0.2, 0.25) is 5.95 Å². The number of anilines is 1. The molecule has 0 unspecified atom stereocenters. The Bertz CT molecular complexity index is 880. The molecule has 0 N–H and O–H groups in total. The zero-order valence-corrected chi connectivity index (χ0v) is 14.9. The van der Waals surface area contributed by atoms with Crippen LogP contribution in [0.5, 0.6) is 0 Å². The van der Waals surface area contributed by atoms with Crippen LogP contribution in [0.25, 0.3) is 11.3 Å². The summed E-state index contributed by atoms with van der Waals surface area (Å²) in [7, 11) is 1.14. The molecule has 0 atom stereocenters. The summed E-state index contributed by atoms with van der Waals surface area (Å²) in [5.74, 6) is -1.28. The van der Waals surface area contributed by atoms with Gasteiger partial charge in [-0.2, -0.15) is 13.2 Å². The quantitative estimate of drug-likeness (QED) is 0.573. The van der Waals surface area contributed by atoms with Crippen molar-refractivity contribution in [1.29, 1.82) is 0 Å². The number of amides is 1. The molecule has 1 fully saturated rings. The van der Waals surface area contributed by atoms with E-state index in [1.165, 1.54) is 23.2 Å². The molecule has 0 aliphatic carbocycles. The minimum atomic E-state index is -4.44. The maximum atomic E-state index is 12.9. The van der Waals surface area contributed by atoms with E-state index in [1.54, 1.807) is 11.0 Å². The Morgan fingerprint density at radius 1 is 1.11 bits per heavy atom. The number of ether oxygens (including phenoxy) is 1. The third kappa shape index (κ3) is 4.21. The van der Waals surface area contributed by atoms with E-state index in [4.69, 9.17) is 0 Å². The standard InChI is InChI=1S/C18H17F3N4O3/c1-28-16(27)15(26)24-7-9-25(10-8-24)17-22-6-5-14(23-17)12-3-2-4-13(11-12)18(19,20)21/h2-6,11H,7-10H2,1H3. The molecule has 0 radical (unpaired) electrons. The van der Waals surface area contributed by atoms with E-state index in [1.807, 2.05) is 0 Å². The van der Waals surface area contributed by atoms with Gasteiger partial charge in [0.05, 0.1) is 18.4 Å². The molecule has 1 aromatic heterocycles. The van der Waals surface area contributed by atoms with Crippen molar-refractivity contribution in [3.05, 3.63) is 42.1 Å². The van der Waals surface area contributed by atoms with E-state index in [9.17, 15) is 22.8 Å². The minimum absolute atomic E-state index is 0.283.